The van der Waals surface area contributed by atoms with Crippen molar-refractivity contribution in [3.8, 4) is 39.8 Å². The third kappa shape index (κ3) is 11.1. The van der Waals surface area contributed by atoms with Gasteiger partial charge in [0.25, 0.3) is 6.33 Å². The summed E-state index contributed by atoms with van der Waals surface area (Å²) >= 11 is 0. The van der Waals surface area contributed by atoms with E-state index in [1.54, 1.807) is 0 Å². The first-order valence-electron chi connectivity index (χ1n) is 29.0. The summed E-state index contributed by atoms with van der Waals surface area (Å²) in [6.07, 6.45) is 6.05. The van der Waals surface area contributed by atoms with Gasteiger partial charge in [-0.2, -0.15) is 6.07 Å². The van der Waals surface area contributed by atoms with Crippen LogP contribution in [0.2, 0.25) is 0 Å². The number of fused-ring (bicyclic) bond motifs is 3. The number of pyridine rings is 1. The molecule has 0 aliphatic carbocycles. The third-order valence-corrected chi connectivity index (χ3v) is 17.0. The zero-order chi connectivity index (χ0) is 58.1. The number of hydrogen-bond donors (Lipinski definition) is 0. The van der Waals surface area contributed by atoms with Crippen molar-refractivity contribution >= 4 is 21.8 Å². The van der Waals surface area contributed by atoms with Crippen molar-refractivity contribution in [3.05, 3.63) is 269 Å². The predicted molar refractivity (Wildman–Crippen MR) is 340 cm³/mol. The molecule has 0 radical (unpaired) electrons. The normalized spacial score (nSPS) is 12.7. The number of aromatic nitrogens is 4. The minimum Gasteiger partial charge on any atom is -0.510 e. The molecule has 6 heteroatoms. The topological polar surface area (TPSA) is 35.9 Å². The van der Waals surface area contributed by atoms with E-state index in [1.165, 1.54) is 33.4 Å². The number of ether oxygens (including phenoxy) is 1. The first kappa shape index (κ1) is 58.6. The van der Waals surface area contributed by atoms with E-state index >= 15 is 0 Å². The molecule has 83 heavy (non-hydrogen) atoms. The number of para-hydroxylation sites is 1. The van der Waals surface area contributed by atoms with Gasteiger partial charge in [-0.15, -0.1) is 35.4 Å². The smallest absolute Gasteiger partial charge is 0.267 e. The largest absolute Gasteiger partial charge is 0.510 e. The van der Waals surface area contributed by atoms with Gasteiger partial charge in [-0.1, -0.05) is 260 Å². The number of nitrogens with zero attached hydrogens (tertiary/aromatic N) is 4. The summed E-state index contributed by atoms with van der Waals surface area (Å²) in [5, 5.41) is 2.24. The van der Waals surface area contributed by atoms with Crippen molar-refractivity contribution in [2.45, 2.75) is 136 Å². The Morgan fingerprint density at radius 1 is 0.446 bits per heavy atom. The van der Waals surface area contributed by atoms with Gasteiger partial charge in [0.2, 0.25) is 0 Å². The van der Waals surface area contributed by atoms with Crippen LogP contribution in [0.1, 0.15) is 154 Å². The third-order valence-electron chi connectivity index (χ3n) is 17.0. The maximum absolute atomic E-state index is 7.44. The molecule has 0 unspecified atom stereocenters. The second kappa shape index (κ2) is 21.9. The van der Waals surface area contributed by atoms with Crippen molar-refractivity contribution in [3.63, 3.8) is 0 Å². The molecule has 0 atom stereocenters. The van der Waals surface area contributed by atoms with E-state index in [0.29, 0.717) is 11.5 Å². The van der Waals surface area contributed by atoms with Crippen LogP contribution in [0.5, 0.6) is 11.5 Å². The van der Waals surface area contributed by atoms with E-state index in [-0.39, 0.29) is 37.3 Å². The average molecular weight is 1270 g/mol. The van der Waals surface area contributed by atoms with E-state index in [9.17, 15) is 0 Å². The molecule has 11 aromatic rings. The van der Waals surface area contributed by atoms with Crippen molar-refractivity contribution in [1.82, 2.24) is 14.1 Å². The van der Waals surface area contributed by atoms with Crippen LogP contribution in [0.3, 0.4) is 0 Å². The molecule has 0 bridgehead atoms. The molecule has 0 saturated carbocycles. The maximum atomic E-state index is 7.44. The minimum atomic E-state index is -0.570. The average Bonchev–Trinajstić information content (AvgIpc) is 1.88. The van der Waals surface area contributed by atoms with E-state index in [2.05, 4.69) is 330 Å². The van der Waals surface area contributed by atoms with Gasteiger partial charge in [-0.3, -0.25) is 4.57 Å². The molecule has 0 amide bonds. The van der Waals surface area contributed by atoms with Gasteiger partial charge in [0.15, 0.2) is 0 Å². The monoisotopic (exact) mass is 1270 g/mol. The van der Waals surface area contributed by atoms with Gasteiger partial charge in [0, 0.05) is 55.1 Å². The number of rotatable bonds is 12. The quantitative estimate of drug-likeness (QED) is 0.0903. The molecule has 0 aliphatic rings. The molecule has 3 heterocycles. The second-order valence-electron chi connectivity index (χ2n) is 27.1. The minimum absolute atomic E-state index is 0. The van der Waals surface area contributed by atoms with Crippen molar-refractivity contribution in [2.24, 2.45) is 0 Å². The second-order valence-corrected chi connectivity index (χ2v) is 27.1. The SMILES string of the molecule is CC(C)(C)c1cc(-[n+]2[c-]n(-c3[c-]c(Oc4[c-]c5c(c(C(C)(C)c6ccccc6)c4)c4ccccc4n5-c4cc(C(C)(C)C)ccn4)cc(-c4ccccc4)c3)c(C(C)(C)c3ccccc3)c2C(C)(C)c2ccccc2)cc(C(C)(C)C)c1.[Pt]. The first-order chi connectivity index (χ1) is 38.8. The van der Waals surface area contributed by atoms with Crippen LogP contribution in [0, 0.1) is 18.5 Å². The fourth-order valence-corrected chi connectivity index (χ4v) is 11.9. The van der Waals surface area contributed by atoms with Crippen LogP contribution < -0.4 is 9.30 Å². The summed E-state index contributed by atoms with van der Waals surface area (Å²) in [6, 6.07) is 77.9. The number of imidazole rings is 1. The molecule has 5 nitrogen and oxygen atoms in total. The Morgan fingerprint density at radius 3 is 1.52 bits per heavy atom. The Morgan fingerprint density at radius 2 is 0.952 bits per heavy atom. The molecule has 0 N–H and O–H groups in total. The summed E-state index contributed by atoms with van der Waals surface area (Å²) in [4.78, 5) is 5.09. The van der Waals surface area contributed by atoms with Crippen LogP contribution in [0.25, 0.3) is 50.1 Å². The molecular weight excluding hydrogens is 1190 g/mol. The summed E-state index contributed by atoms with van der Waals surface area (Å²) < 4.78 is 14.4. The van der Waals surface area contributed by atoms with Crippen LogP contribution in [-0.2, 0) is 53.6 Å². The molecule has 8 aromatic carbocycles. The van der Waals surface area contributed by atoms with E-state index < -0.39 is 16.2 Å². The number of benzene rings is 8. The van der Waals surface area contributed by atoms with Gasteiger partial charge in [0.05, 0.1) is 17.1 Å². The van der Waals surface area contributed by atoms with Gasteiger partial charge in [-0.05, 0) is 102 Å². The van der Waals surface area contributed by atoms with Gasteiger partial charge in [0.1, 0.15) is 5.82 Å². The van der Waals surface area contributed by atoms with Gasteiger partial charge >= 0.3 is 0 Å². The van der Waals surface area contributed by atoms with Crippen molar-refractivity contribution in [2.75, 3.05) is 0 Å². The zero-order valence-corrected chi connectivity index (χ0v) is 53.3. The molecule has 0 fully saturated rings. The van der Waals surface area contributed by atoms with Crippen molar-refractivity contribution < 1.29 is 30.4 Å². The predicted octanol–water partition coefficient (Wildman–Crippen LogP) is 19.0. The molecule has 3 aromatic heterocycles. The number of hydrogen-bond acceptors (Lipinski definition) is 2. The van der Waals surface area contributed by atoms with E-state index in [0.717, 1.165) is 67.1 Å². The Labute approximate surface area is 508 Å². The standard InChI is InChI=1S/C77H78N4O.Pt/c1-72(2,3)57-40-41-78-68(47-57)81-66-39-29-28-38-64(66)69-65(75(10,11)54-32-22-17-23-33-54)49-63(50-67(69)81)82-62-43-53(52-30-20-16-21-31-52)42-60(48-62)79-51-80(61-45-58(73(4,5)6)44-59(46-61)74(7,8)9)71(77(14,15)56-36-26-19-27-37-56)70(79)76(12,13)55-34-24-18-25-35-55;/h16-47,49H,1-15H3;/q-2;. The Bertz CT molecular complexity index is 4100. The van der Waals surface area contributed by atoms with Crippen LogP contribution in [0.15, 0.2) is 200 Å². The fraction of sp³-hybridized carbons (Fsp3) is 0.273. The summed E-state index contributed by atoms with van der Waals surface area (Å²) in [7, 11) is 0. The van der Waals surface area contributed by atoms with Crippen LogP contribution in [0.4, 0.5) is 0 Å². The summed E-state index contributed by atoms with van der Waals surface area (Å²) in [5.74, 6) is 1.96. The first-order valence-corrected chi connectivity index (χ1v) is 29.0. The molecule has 0 spiro atoms. The van der Waals surface area contributed by atoms with Crippen LogP contribution >= 0.6 is 0 Å². The zero-order valence-electron chi connectivity index (χ0n) is 51.1. The van der Waals surface area contributed by atoms with Gasteiger partial charge < -0.3 is 13.9 Å². The van der Waals surface area contributed by atoms with Crippen LogP contribution in [-0.4, -0.2) is 14.1 Å². The van der Waals surface area contributed by atoms with Crippen molar-refractivity contribution in [1.29, 1.82) is 0 Å². The summed E-state index contributed by atoms with van der Waals surface area (Å²) in [6.45, 7) is 34.7. The molecule has 0 saturated heterocycles. The van der Waals surface area contributed by atoms with E-state index in [1.807, 2.05) is 6.20 Å². The maximum Gasteiger partial charge on any atom is 0.267 e. The Balaban J connectivity index is 0.00000769. The molecule has 11 rings (SSSR count). The fourth-order valence-electron chi connectivity index (χ4n) is 11.9. The van der Waals surface area contributed by atoms with Gasteiger partial charge in [-0.25, -0.2) is 4.98 Å². The Kier molecular flexibility index (Phi) is 15.4. The molecule has 0 aliphatic heterocycles. The van der Waals surface area contributed by atoms with E-state index in [4.69, 9.17) is 9.72 Å². The molecule has 424 valence electrons. The molecular formula is C77H78N4OPt-2. The Hall–Kier alpha value is -7.59. The summed E-state index contributed by atoms with van der Waals surface area (Å²) in [5.41, 5.74) is 14.6.